The third kappa shape index (κ3) is 8.97. The van der Waals surface area contributed by atoms with Gasteiger partial charge in [0.25, 0.3) is 0 Å². The molecule has 0 saturated heterocycles. The molecule has 0 spiro atoms. The fraction of sp³-hybridized carbons (Fsp3) is 0.0588. The number of aryl methyl sites for hydroxylation is 2. The van der Waals surface area contributed by atoms with Crippen molar-refractivity contribution in [2.45, 2.75) is 13.8 Å². The van der Waals surface area contributed by atoms with Gasteiger partial charge in [-0.15, -0.1) is 20.5 Å². The molecule has 6 aromatic rings. The Morgan fingerprint density at radius 2 is 0.860 bits per heavy atom. The van der Waals surface area contributed by atoms with Gasteiger partial charge in [0, 0.05) is 22.9 Å². The van der Waals surface area contributed by atoms with E-state index in [1.54, 1.807) is 86.6 Å². The summed E-state index contributed by atoms with van der Waals surface area (Å²) in [6.07, 6.45) is 0. The number of hydrogen-bond acceptors (Lipinski definition) is 12. The molecule has 0 bridgehead atoms. The number of carbonyl (C=O) groups is 2. The van der Waals surface area contributed by atoms with Crippen molar-refractivity contribution in [1.29, 1.82) is 0 Å². The van der Waals surface area contributed by atoms with Crippen molar-refractivity contribution in [3.63, 3.8) is 0 Å². The predicted octanol–water partition coefficient (Wildman–Crippen LogP) is 1.07. The van der Waals surface area contributed by atoms with Crippen molar-refractivity contribution >= 4 is 34.7 Å². The second-order valence-corrected chi connectivity index (χ2v) is 9.98. The van der Waals surface area contributed by atoms with Crippen LogP contribution in [0.4, 0.5) is 22.7 Å². The molecule has 0 fully saturated rings. The van der Waals surface area contributed by atoms with Crippen LogP contribution >= 0.6 is 0 Å². The van der Waals surface area contributed by atoms with E-state index in [2.05, 4.69) is 30.7 Å². The monoisotopic (exact) mass is 715 g/mol. The van der Waals surface area contributed by atoms with E-state index in [0.717, 1.165) is 0 Å². The topological polar surface area (TPSA) is 211 Å². The summed E-state index contributed by atoms with van der Waals surface area (Å²) in [6, 6.07) is 29.9. The van der Waals surface area contributed by atoms with Crippen LogP contribution < -0.4 is 50.0 Å². The maximum atomic E-state index is 12.4. The van der Waals surface area contributed by atoms with E-state index in [1.807, 2.05) is 12.1 Å². The summed E-state index contributed by atoms with van der Waals surface area (Å²) in [5, 5.41) is 70.9. The molecule has 1 radical (unpaired) electrons. The molecule has 0 aliphatic carbocycles. The van der Waals surface area contributed by atoms with Crippen LogP contribution in [-0.2, 0) is 17.4 Å². The number of carboxylic acids is 2. The Balaban J connectivity index is 0.000000260. The minimum absolute atomic E-state index is 0. The van der Waals surface area contributed by atoms with Crippen LogP contribution in [0.15, 0.2) is 130 Å². The zero-order valence-electron chi connectivity index (χ0n) is 26.8. The quantitative estimate of drug-likeness (QED) is 0.164. The van der Waals surface area contributed by atoms with E-state index in [0.29, 0.717) is 22.8 Å². The van der Waals surface area contributed by atoms with Crippen molar-refractivity contribution in [1.82, 2.24) is 19.6 Å². The first-order chi connectivity index (χ1) is 23.2. The molecule has 50 heavy (non-hydrogen) atoms. The molecule has 0 atom stereocenters. The van der Waals surface area contributed by atoms with Crippen LogP contribution in [0.5, 0.6) is 11.8 Å². The molecule has 16 heteroatoms. The fourth-order valence-electron chi connectivity index (χ4n) is 4.39. The molecule has 2 heterocycles. The van der Waals surface area contributed by atoms with Gasteiger partial charge in [-0.05, 0) is 50.2 Å². The van der Waals surface area contributed by atoms with Crippen molar-refractivity contribution in [2.75, 3.05) is 0 Å². The third-order valence-electron chi connectivity index (χ3n) is 6.74. The Hall–Kier alpha value is -5.43. The molecule has 6 rings (SSSR count). The van der Waals surface area contributed by atoms with E-state index < -0.39 is 23.7 Å². The predicted molar refractivity (Wildman–Crippen MR) is 165 cm³/mol. The Labute approximate surface area is 318 Å². The molecule has 4 aromatic carbocycles. The molecule has 2 aromatic heterocycles. The number of hydrogen-bond donors (Lipinski definition) is 0. The van der Waals surface area contributed by atoms with Gasteiger partial charge in [-0.1, -0.05) is 72.8 Å². The number of carboxylic acid groups (broad SMARTS) is 2. The van der Waals surface area contributed by atoms with E-state index in [9.17, 15) is 30.0 Å². The van der Waals surface area contributed by atoms with Crippen molar-refractivity contribution in [2.24, 2.45) is 20.5 Å². The molecule has 14 nitrogen and oxygen atoms in total. The molecule has 0 saturated carbocycles. The van der Waals surface area contributed by atoms with Gasteiger partial charge in [-0.2, -0.15) is 10.2 Å². The second kappa shape index (κ2) is 17.8. The van der Waals surface area contributed by atoms with Gasteiger partial charge in [0.2, 0.25) is 0 Å². The summed E-state index contributed by atoms with van der Waals surface area (Å²) in [4.78, 5) is 22.1. The number of carbonyl (C=O) groups excluding carboxylic acids is 2. The summed E-state index contributed by atoms with van der Waals surface area (Å²) < 4.78 is 2.46. The van der Waals surface area contributed by atoms with Gasteiger partial charge in [-0.25, -0.2) is 9.36 Å². The number of rotatable bonds is 8. The number of azo groups is 2. The molecule has 0 N–H and O–H groups in total. The Morgan fingerprint density at radius 1 is 0.540 bits per heavy atom. The van der Waals surface area contributed by atoms with Crippen molar-refractivity contribution in [3.8, 4) is 23.1 Å². The number of aromatic carboxylic acids is 2. The van der Waals surface area contributed by atoms with Gasteiger partial charge in [0.05, 0.1) is 46.1 Å². The largest absolute Gasteiger partial charge is 3.00 e. The maximum Gasteiger partial charge on any atom is 3.00 e. The molecule has 0 amide bonds. The number of nitrogens with zero attached hydrogens (tertiary/aromatic N) is 8. The molecule has 0 unspecified atom stereocenters. The summed E-state index contributed by atoms with van der Waals surface area (Å²) in [5.74, 6) is -3.56. The first kappa shape index (κ1) is 39.0. The Morgan fingerprint density at radius 3 is 1.20 bits per heavy atom. The van der Waals surface area contributed by atoms with E-state index in [4.69, 9.17) is 0 Å². The van der Waals surface area contributed by atoms with Crippen molar-refractivity contribution < 1.29 is 76.9 Å². The smallest absolute Gasteiger partial charge is 0.857 e. The van der Waals surface area contributed by atoms with Crippen LogP contribution in [0.1, 0.15) is 32.1 Å². The number of benzene rings is 4. The van der Waals surface area contributed by atoms with Gasteiger partial charge in [0.15, 0.2) is 0 Å². The average Bonchev–Trinajstić information content (AvgIpc) is 3.55. The average molecular weight is 716 g/mol. The van der Waals surface area contributed by atoms with Gasteiger partial charge >= 0.3 is 46.9 Å². The molecule has 243 valence electrons. The summed E-state index contributed by atoms with van der Waals surface area (Å²) >= 11 is 0. The first-order valence-corrected chi connectivity index (χ1v) is 14.2. The third-order valence-corrected chi connectivity index (χ3v) is 6.74. The second-order valence-electron chi connectivity index (χ2n) is 9.98. The van der Waals surface area contributed by atoms with E-state index in [-0.39, 0.29) is 80.8 Å². The van der Waals surface area contributed by atoms with E-state index >= 15 is 0 Å². The van der Waals surface area contributed by atoms with Gasteiger partial charge in [-0.3, -0.25) is 0 Å². The molecule has 0 aliphatic heterocycles. The normalized spacial score (nSPS) is 10.6. The zero-order chi connectivity index (χ0) is 34.2. The standard InChI is InChI=1S/2C17H14N4O3.Cr.Na/c2*1-11-15(16(22)21(20-11)12-7-3-2-4-8-12)19-18-14-10-6-5-9-13(14)17(23)24;;/h2*2-10,22H,1H3,(H,23,24);;/q;;+3;+1/p-4. The summed E-state index contributed by atoms with van der Waals surface area (Å²) in [5.41, 5.74) is 2.19. The Kier molecular flexibility index (Phi) is 13.9. The van der Waals surface area contributed by atoms with Crippen LogP contribution in [0.2, 0.25) is 0 Å². The van der Waals surface area contributed by atoms with Crippen molar-refractivity contribution in [3.05, 3.63) is 132 Å². The minimum atomic E-state index is -1.36. The number of aromatic nitrogens is 4. The maximum absolute atomic E-state index is 12.4. The van der Waals surface area contributed by atoms with Crippen LogP contribution in [0, 0.1) is 13.8 Å². The molecular formula is C34H24CrN8NaO6. The minimum Gasteiger partial charge on any atom is -0.857 e. The summed E-state index contributed by atoms with van der Waals surface area (Å²) in [7, 11) is 0. The number of para-hydroxylation sites is 2. The van der Waals surface area contributed by atoms with Crippen LogP contribution in [0.3, 0.4) is 0 Å². The van der Waals surface area contributed by atoms with E-state index in [1.165, 1.54) is 33.6 Å². The van der Waals surface area contributed by atoms with Gasteiger partial charge in [0.1, 0.15) is 11.4 Å². The SMILES string of the molecule is Cc1nn(-c2ccccc2)c([O-])c1N=Nc1ccccc1C(=O)[O-].Cc1nn(-c2ccccc2)c([O-])c1N=Nc1ccccc1C(=O)[O-].[Cr+3].[Na+]. The summed E-state index contributed by atoms with van der Waals surface area (Å²) in [6.45, 7) is 3.28. The molecule has 0 aliphatic rings. The van der Waals surface area contributed by atoms with Gasteiger partial charge < -0.3 is 30.0 Å². The Bertz CT molecular complexity index is 2000. The molecular weight excluding hydrogens is 691 g/mol. The first-order valence-electron chi connectivity index (χ1n) is 14.2. The fourth-order valence-corrected chi connectivity index (χ4v) is 4.39. The van der Waals surface area contributed by atoms with Crippen LogP contribution in [-0.4, -0.2) is 31.5 Å². The zero-order valence-corrected chi connectivity index (χ0v) is 30.1. The van der Waals surface area contributed by atoms with Crippen LogP contribution in [0.25, 0.3) is 11.4 Å².